The molecule has 1 unspecified atom stereocenters. The predicted octanol–water partition coefficient (Wildman–Crippen LogP) is 2.75. The Bertz CT molecular complexity index is 522. The van der Waals surface area contributed by atoms with Crippen molar-refractivity contribution >= 4 is 11.5 Å². The van der Waals surface area contributed by atoms with Crippen molar-refractivity contribution in [2.24, 2.45) is 5.73 Å². The summed E-state index contributed by atoms with van der Waals surface area (Å²) in [7, 11) is 2.08. The van der Waals surface area contributed by atoms with Crippen LogP contribution in [0.15, 0.2) is 24.3 Å². The van der Waals surface area contributed by atoms with Crippen molar-refractivity contribution in [1.29, 1.82) is 5.41 Å². The van der Waals surface area contributed by atoms with Gasteiger partial charge in [-0.1, -0.05) is 12.1 Å². The standard InChI is InChI=1S/C16H25N3O/c1-15(2)10-13(16(3,4)20-15)19(5)12-8-6-7-11(9-12)14(17)18/h6-9,13H,10H2,1-5H3,(H3,17,18). The molecule has 1 atom stereocenters. The molecule has 4 heteroatoms. The van der Waals surface area contributed by atoms with E-state index in [0.717, 1.165) is 17.7 Å². The van der Waals surface area contributed by atoms with Gasteiger partial charge >= 0.3 is 0 Å². The molecule has 0 saturated carbocycles. The van der Waals surface area contributed by atoms with Gasteiger partial charge in [-0.3, -0.25) is 5.41 Å². The highest BCUT2D eigenvalue weighted by Gasteiger charge is 2.47. The minimum Gasteiger partial charge on any atom is -0.384 e. The number of nitrogens with two attached hydrogens (primary N) is 1. The first-order chi connectivity index (χ1) is 9.12. The molecule has 0 radical (unpaired) electrons. The molecular weight excluding hydrogens is 250 g/mol. The fourth-order valence-electron chi connectivity index (χ4n) is 3.21. The lowest BCUT2D eigenvalue weighted by molar-refractivity contribution is -0.0676. The molecule has 110 valence electrons. The van der Waals surface area contributed by atoms with Crippen LogP contribution in [-0.2, 0) is 4.74 Å². The summed E-state index contributed by atoms with van der Waals surface area (Å²) >= 11 is 0. The first kappa shape index (κ1) is 14.9. The molecule has 0 aliphatic carbocycles. The summed E-state index contributed by atoms with van der Waals surface area (Å²) in [6, 6.07) is 8.10. The Morgan fingerprint density at radius 2 is 2.00 bits per heavy atom. The number of likely N-dealkylation sites (N-methyl/N-ethyl adjacent to an activating group) is 1. The van der Waals surface area contributed by atoms with E-state index in [9.17, 15) is 0 Å². The Labute approximate surface area is 121 Å². The highest BCUT2D eigenvalue weighted by Crippen LogP contribution is 2.41. The summed E-state index contributed by atoms with van der Waals surface area (Å²) in [6.07, 6.45) is 0.973. The maximum absolute atomic E-state index is 7.56. The lowest BCUT2D eigenvalue weighted by atomic mass is 9.93. The molecule has 1 aromatic rings. The highest BCUT2D eigenvalue weighted by atomic mass is 16.5. The van der Waals surface area contributed by atoms with E-state index in [0.29, 0.717) is 6.04 Å². The molecule has 1 saturated heterocycles. The number of hydrogen-bond acceptors (Lipinski definition) is 3. The van der Waals surface area contributed by atoms with Crippen molar-refractivity contribution in [2.45, 2.75) is 51.4 Å². The molecule has 1 fully saturated rings. The summed E-state index contributed by atoms with van der Waals surface area (Å²) < 4.78 is 6.16. The average Bonchev–Trinajstić information content (AvgIpc) is 2.56. The number of ether oxygens (including phenoxy) is 1. The smallest absolute Gasteiger partial charge is 0.122 e. The minimum atomic E-state index is -0.204. The third kappa shape index (κ3) is 2.80. The summed E-state index contributed by atoms with van der Waals surface area (Å²) in [4.78, 5) is 2.24. The topological polar surface area (TPSA) is 62.3 Å². The number of nitrogens with one attached hydrogen (secondary N) is 1. The lowest BCUT2D eigenvalue weighted by Crippen LogP contribution is -2.44. The van der Waals surface area contributed by atoms with E-state index in [1.54, 1.807) is 0 Å². The number of amidine groups is 1. The maximum Gasteiger partial charge on any atom is 0.122 e. The Hall–Kier alpha value is -1.55. The second-order valence-electron chi connectivity index (χ2n) is 6.76. The van der Waals surface area contributed by atoms with Crippen LogP contribution in [0.25, 0.3) is 0 Å². The minimum absolute atomic E-state index is 0.0995. The van der Waals surface area contributed by atoms with Crippen molar-refractivity contribution in [2.75, 3.05) is 11.9 Å². The van der Waals surface area contributed by atoms with Crippen LogP contribution < -0.4 is 10.6 Å². The highest BCUT2D eigenvalue weighted by molar-refractivity contribution is 5.95. The molecule has 1 heterocycles. The lowest BCUT2D eigenvalue weighted by Gasteiger charge is -2.35. The van der Waals surface area contributed by atoms with E-state index < -0.39 is 0 Å². The Morgan fingerprint density at radius 3 is 2.50 bits per heavy atom. The van der Waals surface area contributed by atoms with Gasteiger partial charge in [0.05, 0.1) is 17.2 Å². The van der Waals surface area contributed by atoms with Gasteiger partial charge < -0.3 is 15.4 Å². The Morgan fingerprint density at radius 1 is 1.35 bits per heavy atom. The first-order valence-electron chi connectivity index (χ1n) is 7.00. The van der Waals surface area contributed by atoms with E-state index in [-0.39, 0.29) is 17.0 Å². The van der Waals surface area contributed by atoms with Gasteiger partial charge in [-0.15, -0.1) is 0 Å². The number of anilines is 1. The number of hydrogen-bond donors (Lipinski definition) is 2. The molecule has 1 aliphatic heterocycles. The molecule has 20 heavy (non-hydrogen) atoms. The van der Waals surface area contributed by atoms with Crippen molar-refractivity contribution in [3.05, 3.63) is 29.8 Å². The van der Waals surface area contributed by atoms with E-state index in [1.165, 1.54) is 0 Å². The average molecular weight is 275 g/mol. The van der Waals surface area contributed by atoms with Gasteiger partial charge in [0, 0.05) is 18.3 Å². The number of rotatable bonds is 3. The molecule has 0 aromatic heterocycles. The van der Waals surface area contributed by atoms with Crippen LogP contribution in [-0.4, -0.2) is 30.1 Å². The van der Waals surface area contributed by atoms with Crippen LogP contribution >= 0.6 is 0 Å². The zero-order valence-corrected chi connectivity index (χ0v) is 13.0. The van der Waals surface area contributed by atoms with Crippen molar-refractivity contribution in [3.8, 4) is 0 Å². The van der Waals surface area contributed by atoms with Gasteiger partial charge in [0.25, 0.3) is 0 Å². The summed E-state index contributed by atoms with van der Waals surface area (Å²) in [5, 5.41) is 7.56. The molecule has 4 nitrogen and oxygen atoms in total. The van der Waals surface area contributed by atoms with E-state index in [1.807, 2.05) is 24.3 Å². The van der Waals surface area contributed by atoms with E-state index in [2.05, 4.69) is 39.6 Å². The quantitative estimate of drug-likeness (QED) is 0.658. The first-order valence-corrected chi connectivity index (χ1v) is 7.00. The zero-order valence-electron chi connectivity index (χ0n) is 13.0. The summed E-state index contributed by atoms with van der Waals surface area (Å²) in [5.74, 6) is 0.0995. The van der Waals surface area contributed by atoms with E-state index >= 15 is 0 Å². The fraction of sp³-hybridized carbons (Fsp3) is 0.562. The van der Waals surface area contributed by atoms with Gasteiger partial charge in [0.2, 0.25) is 0 Å². The second-order valence-corrected chi connectivity index (χ2v) is 6.76. The maximum atomic E-state index is 7.56. The van der Waals surface area contributed by atoms with Crippen molar-refractivity contribution in [3.63, 3.8) is 0 Å². The fourth-order valence-corrected chi connectivity index (χ4v) is 3.21. The molecule has 3 N–H and O–H groups in total. The van der Waals surface area contributed by atoms with Crippen LogP contribution in [0.5, 0.6) is 0 Å². The third-order valence-electron chi connectivity index (χ3n) is 4.06. The molecule has 1 aliphatic rings. The molecule has 0 spiro atoms. The summed E-state index contributed by atoms with van der Waals surface area (Å²) in [5.41, 5.74) is 7.08. The van der Waals surface area contributed by atoms with Crippen LogP contribution in [0.2, 0.25) is 0 Å². The van der Waals surface area contributed by atoms with E-state index in [4.69, 9.17) is 15.9 Å². The number of nitrogens with zero attached hydrogens (tertiary/aromatic N) is 1. The predicted molar refractivity (Wildman–Crippen MR) is 83.5 cm³/mol. The largest absolute Gasteiger partial charge is 0.384 e. The second kappa shape index (κ2) is 4.77. The molecule has 0 amide bonds. The number of nitrogen functional groups attached to an aromatic ring is 1. The van der Waals surface area contributed by atoms with Crippen LogP contribution in [0.1, 0.15) is 39.7 Å². The van der Waals surface area contributed by atoms with Gasteiger partial charge in [-0.25, -0.2) is 0 Å². The van der Waals surface area contributed by atoms with Gasteiger partial charge in [0.1, 0.15) is 5.84 Å². The Kier molecular flexibility index (Phi) is 3.54. The normalized spacial score (nSPS) is 23.6. The third-order valence-corrected chi connectivity index (χ3v) is 4.06. The van der Waals surface area contributed by atoms with Gasteiger partial charge in [-0.05, 0) is 46.2 Å². The van der Waals surface area contributed by atoms with Crippen molar-refractivity contribution in [1.82, 2.24) is 0 Å². The van der Waals surface area contributed by atoms with Crippen LogP contribution in [0, 0.1) is 5.41 Å². The molecular formula is C16H25N3O. The number of benzene rings is 1. The Balaban J connectivity index is 2.29. The molecule has 0 bridgehead atoms. The van der Waals surface area contributed by atoms with Gasteiger partial charge in [0.15, 0.2) is 0 Å². The van der Waals surface area contributed by atoms with Crippen LogP contribution in [0.4, 0.5) is 5.69 Å². The molecule has 2 rings (SSSR count). The zero-order chi connectivity index (χ0) is 15.1. The molecule has 1 aromatic carbocycles. The van der Waals surface area contributed by atoms with Crippen LogP contribution in [0.3, 0.4) is 0 Å². The SMILES string of the molecule is CN(c1cccc(C(=N)N)c1)C1CC(C)(C)OC1(C)C. The van der Waals surface area contributed by atoms with Gasteiger partial charge in [-0.2, -0.15) is 0 Å². The van der Waals surface area contributed by atoms with Crippen molar-refractivity contribution < 1.29 is 4.74 Å². The monoisotopic (exact) mass is 275 g/mol. The summed E-state index contributed by atoms with van der Waals surface area (Å²) in [6.45, 7) is 8.54.